The van der Waals surface area contributed by atoms with Crippen molar-refractivity contribution in [2.75, 3.05) is 27.1 Å². The van der Waals surface area contributed by atoms with Gasteiger partial charge in [0.15, 0.2) is 0 Å². The van der Waals surface area contributed by atoms with E-state index in [2.05, 4.69) is 12.6 Å². The second kappa shape index (κ2) is 39.9. The van der Waals surface area contributed by atoms with Crippen LogP contribution < -0.4 is 0 Å². The third-order valence-corrected chi connectivity index (χ3v) is 13.5. The first-order valence-electron chi connectivity index (χ1n) is 21.0. The van der Waals surface area contributed by atoms with Crippen molar-refractivity contribution in [1.82, 2.24) is 0 Å². The quantitative estimate of drug-likeness (QED) is 0.0394. The zero-order valence-corrected chi connectivity index (χ0v) is 33.9. The molecule has 0 aliphatic rings. The smallest absolute Gasteiger partial charge is 0.377 e. The molecule has 0 amide bonds. The molecule has 0 aromatic heterocycles. The van der Waals surface area contributed by atoms with Crippen molar-refractivity contribution in [3.05, 3.63) is 0 Å². The summed E-state index contributed by atoms with van der Waals surface area (Å²) in [5.74, 6) is 1.07. The highest BCUT2D eigenvalue weighted by molar-refractivity contribution is 7.80. The van der Waals surface area contributed by atoms with Crippen molar-refractivity contribution in [2.24, 2.45) is 0 Å². The average molecular weight is 687 g/mol. The summed E-state index contributed by atoms with van der Waals surface area (Å²) < 4.78 is 16.5. The van der Waals surface area contributed by atoms with Gasteiger partial charge < -0.3 is 13.3 Å². The molecule has 0 heterocycles. The van der Waals surface area contributed by atoms with E-state index in [0.29, 0.717) is 0 Å². The summed E-state index contributed by atoms with van der Waals surface area (Å²) in [6, 6.07) is 0.940. The van der Waals surface area contributed by atoms with Crippen LogP contribution >= 0.6 is 12.6 Å². The van der Waals surface area contributed by atoms with Crippen LogP contribution in [0.5, 0.6) is 0 Å². The SMILES string of the molecule is CO[Si](CCCCCCCCCCCCCCCCCCCCCCCCCCCCCCCCCCCCCCS)(OC)OC. The fourth-order valence-corrected chi connectivity index (χ4v) is 9.04. The standard InChI is InChI=1S/C41H86O3SSi/c1-42-46(43-2,44-3)41-39-37-35-33-31-29-27-25-23-21-19-17-15-13-11-9-7-5-4-6-8-10-12-14-16-18-20-22-24-26-28-30-32-34-36-38-40-45/h45H,4-41H2,1-3H3. The minimum absolute atomic E-state index is 0.940. The summed E-state index contributed by atoms with van der Waals surface area (Å²) in [6.07, 6.45) is 51.8. The van der Waals surface area contributed by atoms with Crippen LogP contribution in [0, 0.1) is 0 Å². The lowest BCUT2D eigenvalue weighted by Gasteiger charge is -2.24. The molecule has 0 unspecified atom stereocenters. The second-order valence-corrected chi connectivity index (χ2v) is 18.0. The third-order valence-electron chi connectivity index (χ3n) is 10.3. The Balaban J connectivity index is 3.11. The molecular weight excluding hydrogens is 601 g/mol. The molecule has 0 aromatic rings. The van der Waals surface area contributed by atoms with Crippen LogP contribution in [0.4, 0.5) is 0 Å². The van der Waals surface area contributed by atoms with Gasteiger partial charge >= 0.3 is 8.80 Å². The largest absolute Gasteiger partial charge is 0.500 e. The van der Waals surface area contributed by atoms with E-state index >= 15 is 0 Å². The van der Waals surface area contributed by atoms with Crippen LogP contribution in [0.15, 0.2) is 0 Å². The van der Waals surface area contributed by atoms with Gasteiger partial charge in [0.05, 0.1) is 0 Å². The molecule has 0 bridgehead atoms. The third kappa shape index (κ3) is 34.3. The minimum atomic E-state index is -2.35. The number of hydrogen-bond donors (Lipinski definition) is 1. The molecule has 0 atom stereocenters. The van der Waals surface area contributed by atoms with E-state index < -0.39 is 8.80 Å². The van der Waals surface area contributed by atoms with Gasteiger partial charge in [-0.15, -0.1) is 0 Å². The van der Waals surface area contributed by atoms with E-state index in [1.165, 1.54) is 225 Å². The molecular formula is C41H86O3SSi. The molecule has 5 heteroatoms. The van der Waals surface area contributed by atoms with Gasteiger partial charge in [-0.1, -0.05) is 218 Å². The van der Waals surface area contributed by atoms with E-state index in [9.17, 15) is 0 Å². The van der Waals surface area contributed by atoms with Gasteiger partial charge in [-0.25, -0.2) is 0 Å². The summed E-state index contributed by atoms with van der Waals surface area (Å²) in [6.45, 7) is 0. The molecule has 46 heavy (non-hydrogen) atoms. The number of thiol groups is 1. The Hall–Kier alpha value is 0.447. The normalized spacial score (nSPS) is 12.0. The Morgan fingerprint density at radius 1 is 0.261 bits per heavy atom. The molecule has 3 nitrogen and oxygen atoms in total. The number of hydrogen-bond acceptors (Lipinski definition) is 4. The maximum atomic E-state index is 5.50. The van der Waals surface area contributed by atoms with Gasteiger partial charge in [0.1, 0.15) is 0 Å². The lowest BCUT2D eigenvalue weighted by Crippen LogP contribution is -2.42. The lowest BCUT2D eigenvalue weighted by atomic mass is 10.0. The first-order chi connectivity index (χ1) is 22.7. The minimum Gasteiger partial charge on any atom is -0.377 e. The van der Waals surface area contributed by atoms with Gasteiger partial charge in [-0.2, -0.15) is 12.6 Å². The van der Waals surface area contributed by atoms with Crippen LogP contribution in [0.2, 0.25) is 6.04 Å². The zero-order chi connectivity index (χ0) is 33.5. The summed E-state index contributed by atoms with van der Waals surface area (Å²) in [4.78, 5) is 0. The Morgan fingerprint density at radius 3 is 0.565 bits per heavy atom. The monoisotopic (exact) mass is 687 g/mol. The summed E-state index contributed by atoms with van der Waals surface area (Å²) in [5, 5.41) is 0. The van der Waals surface area contributed by atoms with E-state index in [1.54, 1.807) is 21.3 Å². The zero-order valence-electron chi connectivity index (χ0n) is 32.0. The molecule has 0 saturated heterocycles. The summed E-state index contributed by atoms with van der Waals surface area (Å²) >= 11 is 4.29. The molecule has 0 fully saturated rings. The Bertz CT molecular complexity index is 538. The van der Waals surface area contributed by atoms with Gasteiger partial charge in [0.2, 0.25) is 0 Å². The van der Waals surface area contributed by atoms with E-state index in [-0.39, 0.29) is 0 Å². The number of rotatable bonds is 41. The fourth-order valence-electron chi connectivity index (χ4n) is 7.02. The van der Waals surface area contributed by atoms with Crippen molar-refractivity contribution in [3.63, 3.8) is 0 Å². The van der Waals surface area contributed by atoms with Crippen LogP contribution in [0.25, 0.3) is 0 Å². The first kappa shape index (κ1) is 46.4. The molecule has 0 aromatic carbocycles. The summed E-state index contributed by atoms with van der Waals surface area (Å²) in [5.41, 5.74) is 0. The van der Waals surface area contributed by atoms with Crippen molar-refractivity contribution >= 4 is 21.4 Å². The molecule has 0 saturated carbocycles. The Morgan fingerprint density at radius 2 is 0.413 bits per heavy atom. The molecule has 0 radical (unpaired) electrons. The summed E-state index contributed by atoms with van der Waals surface area (Å²) in [7, 11) is 2.79. The van der Waals surface area contributed by atoms with Crippen molar-refractivity contribution in [2.45, 2.75) is 237 Å². The first-order valence-corrected chi connectivity index (χ1v) is 23.6. The van der Waals surface area contributed by atoms with Gasteiger partial charge in [0.25, 0.3) is 0 Å². The lowest BCUT2D eigenvalue weighted by molar-refractivity contribution is 0.122. The Labute approximate surface area is 298 Å². The molecule has 0 spiro atoms. The van der Waals surface area contributed by atoms with Crippen LogP contribution in [-0.2, 0) is 13.3 Å². The predicted octanol–water partition coefficient (Wildman–Crippen LogP) is 14.8. The highest BCUT2D eigenvalue weighted by Gasteiger charge is 2.36. The molecule has 278 valence electrons. The van der Waals surface area contributed by atoms with Crippen LogP contribution in [-0.4, -0.2) is 35.9 Å². The second-order valence-electron chi connectivity index (χ2n) is 14.5. The molecule has 0 rings (SSSR count). The Kier molecular flexibility index (Phi) is 40.3. The van der Waals surface area contributed by atoms with E-state index in [0.717, 1.165) is 18.2 Å². The highest BCUT2D eigenvalue weighted by Crippen LogP contribution is 2.20. The fraction of sp³-hybridized carbons (Fsp3) is 1.00. The van der Waals surface area contributed by atoms with Gasteiger partial charge in [-0.3, -0.25) is 0 Å². The van der Waals surface area contributed by atoms with Gasteiger partial charge in [0, 0.05) is 27.4 Å². The van der Waals surface area contributed by atoms with Crippen molar-refractivity contribution in [1.29, 1.82) is 0 Å². The van der Waals surface area contributed by atoms with E-state index in [1.807, 2.05) is 0 Å². The van der Waals surface area contributed by atoms with E-state index in [4.69, 9.17) is 13.3 Å². The van der Waals surface area contributed by atoms with Crippen molar-refractivity contribution < 1.29 is 13.3 Å². The topological polar surface area (TPSA) is 27.7 Å². The van der Waals surface area contributed by atoms with Crippen LogP contribution in [0.1, 0.15) is 231 Å². The molecule has 0 aliphatic carbocycles. The molecule has 0 aliphatic heterocycles. The molecule has 0 N–H and O–H groups in total. The van der Waals surface area contributed by atoms with Gasteiger partial charge in [-0.05, 0) is 18.6 Å². The average Bonchev–Trinajstić information content (AvgIpc) is 3.08. The maximum absolute atomic E-state index is 5.50. The predicted molar refractivity (Wildman–Crippen MR) is 212 cm³/mol. The highest BCUT2D eigenvalue weighted by atomic mass is 32.1. The van der Waals surface area contributed by atoms with Crippen molar-refractivity contribution in [3.8, 4) is 0 Å². The maximum Gasteiger partial charge on any atom is 0.500 e. The van der Waals surface area contributed by atoms with Crippen LogP contribution in [0.3, 0.4) is 0 Å². The number of unbranched alkanes of at least 4 members (excludes halogenated alkanes) is 35.